The highest BCUT2D eigenvalue weighted by atomic mass is 16.4. The molecule has 0 unspecified atom stereocenters. The lowest BCUT2D eigenvalue weighted by Gasteiger charge is -1.89. The van der Waals surface area contributed by atoms with Gasteiger partial charge < -0.3 is 10.1 Å². The molecule has 1 heterocycles. The molecule has 4 nitrogen and oxygen atoms in total. The Morgan fingerprint density at radius 2 is 2.50 bits per heavy atom. The maximum absolute atomic E-state index is 10.6. The van der Waals surface area contributed by atoms with Crippen LogP contribution in [0.15, 0.2) is 12.5 Å². The van der Waals surface area contributed by atoms with Crippen LogP contribution in [-0.4, -0.2) is 21.0 Å². The van der Waals surface area contributed by atoms with Gasteiger partial charge in [0.15, 0.2) is 0 Å². The molecule has 64 valence electrons. The molecule has 0 amide bonds. The van der Waals surface area contributed by atoms with Gasteiger partial charge in [0, 0.05) is 17.8 Å². The number of hydrogen-bond donors (Lipinski definition) is 2. The van der Waals surface area contributed by atoms with Crippen molar-refractivity contribution in [1.29, 1.82) is 0 Å². The topological polar surface area (TPSA) is 66.0 Å². The average Bonchev–Trinajstić information content (AvgIpc) is 2.50. The third kappa shape index (κ3) is 0.913. The fourth-order valence-electron chi connectivity index (χ4n) is 1.77. The SMILES string of the molecule is C[C@@H]1[C@H](C(=O)O)[C@@H]1c1cnc[nH]1. The number of nitrogens with one attached hydrogen (secondary N) is 1. The number of aromatic nitrogens is 2. The van der Waals surface area contributed by atoms with E-state index in [-0.39, 0.29) is 17.8 Å². The zero-order chi connectivity index (χ0) is 8.72. The molecule has 0 saturated heterocycles. The van der Waals surface area contributed by atoms with E-state index in [2.05, 4.69) is 9.97 Å². The van der Waals surface area contributed by atoms with Crippen LogP contribution in [0.3, 0.4) is 0 Å². The largest absolute Gasteiger partial charge is 0.481 e. The second kappa shape index (κ2) is 2.33. The van der Waals surface area contributed by atoms with E-state index in [0.29, 0.717) is 0 Å². The first-order chi connectivity index (χ1) is 5.72. The van der Waals surface area contributed by atoms with Crippen LogP contribution < -0.4 is 0 Å². The molecule has 0 radical (unpaired) electrons. The first kappa shape index (κ1) is 7.34. The van der Waals surface area contributed by atoms with Crippen LogP contribution in [0.2, 0.25) is 0 Å². The van der Waals surface area contributed by atoms with Crippen LogP contribution in [0, 0.1) is 11.8 Å². The number of carboxylic acids is 1. The van der Waals surface area contributed by atoms with E-state index in [9.17, 15) is 4.79 Å². The highest BCUT2D eigenvalue weighted by molar-refractivity contribution is 5.75. The number of aliphatic carboxylic acids is 1. The molecule has 1 aromatic rings. The smallest absolute Gasteiger partial charge is 0.307 e. The first-order valence-corrected chi connectivity index (χ1v) is 3.93. The van der Waals surface area contributed by atoms with E-state index < -0.39 is 5.97 Å². The van der Waals surface area contributed by atoms with E-state index in [0.717, 1.165) is 5.69 Å². The molecule has 1 aliphatic rings. The van der Waals surface area contributed by atoms with Gasteiger partial charge in [0.1, 0.15) is 0 Å². The van der Waals surface area contributed by atoms with Gasteiger partial charge in [-0.25, -0.2) is 4.98 Å². The van der Waals surface area contributed by atoms with Crippen LogP contribution in [0.25, 0.3) is 0 Å². The predicted molar refractivity (Wildman–Crippen MR) is 41.6 cm³/mol. The summed E-state index contributed by atoms with van der Waals surface area (Å²) in [6.45, 7) is 1.95. The summed E-state index contributed by atoms with van der Waals surface area (Å²) in [5, 5.41) is 8.76. The predicted octanol–water partition coefficient (Wildman–Crippen LogP) is 0.844. The minimum absolute atomic E-state index is 0.144. The standard InChI is InChI=1S/C8H10N2O2/c1-4-6(7(4)8(11)12)5-2-9-3-10-5/h2-4,6-7H,1H3,(H,9,10)(H,11,12)/t4-,6-,7-/m0/s1. The lowest BCUT2D eigenvalue weighted by atomic mass is 10.2. The number of rotatable bonds is 2. The van der Waals surface area contributed by atoms with Gasteiger partial charge in [-0.15, -0.1) is 0 Å². The number of carboxylic acid groups (broad SMARTS) is 1. The average molecular weight is 166 g/mol. The summed E-state index contributed by atoms with van der Waals surface area (Å²) >= 11 is 0. The highest BCUT2D eigenvalue weighted by Crippen LogP contribution is 2.52. The Hall–Kier alpha value is -1.32. The van der Waals surface area contributed by atoms with Gasteiger partial charge in [-0.05, 0) is 5.92 Å². The van der Waals surface area contributed by atoms with Crippen LogP contribution in [0.5, 0.6) is 0 Å². The Kier molecular flexibility index (Phi) is 1.43. The zero-order valence-electron chi connectivity index (χ0n) is 6.69. The third-order valence-electron chi connectivity index (χ3n) is 2.54. The van der Waals surface area contributed by atoms with Crippen molar-refractivity contribution in [3.8, 4) is 0 Å². The van der Waals surface area contributed by atoms with Crippen molar-refractivity contribution in [1.82, 2.24) is 9.97 Å². The Labute approximate surface area is 69.6 Å². The molecule has 1 aromatic heterocycles. The molecule has 0 aromatic carbocycles. The molecule has 3 atom stereocenters. The molecule has 1 fully saturated rings. The molecule has 12 heavy (non-hydrogen) atoms. The van der Waals surface area contributed by atoms with Gasteiger partial charge in [-0.2, -0.15) is 0 Å². The van der Waals surface area contributed by atoms with Crippen LogP contribution in [0.1, 0.15) is 18.5 Å². The molecule has 2 rings (SSSR count). The fraction of sp³-hybridized carbons (Fsp3) is 0.500. The number of imidazole rings is 1. The van der Waals surface area contributed by atoms with Gasteiger partial charge in [0.25, 0.3) is 0 Å². The van der Waals surface area contributed by atoms with Crippen LogP contribution >= 0.6 is 0 Å². The normalized spacial score (nSPS) is 33.2. The minimum atomic E-state index is -0.706. The molecule has 0 aliphatic heterocycles. The molecule has 0 spiro atoms. The molecule has 0 bridgehead atoms. The van der Waals surface area contributed by atoms with Crippen molar-refractivity contribution in [2.24, 2.45) is 11.8 Å². The third-order valence-corrected chi connectivity index (χ3v) is 2.54. The molecule has 2 N–H and O–H groups in total. The van der Waals surface area contributed by atoms with Crippen molar-refractivity contribution in [2.75, 3.05) is 0 Å². The van der Waals surface area contributed by atoms with Gasteiger partial charge in [-0.1, -0.05) is 6.92 Å². The minimum Gasteiger partial charge on any atom is -0.481 e. The number of hydrogen-bond acceptors (Lipinski definition) is 2. The molecular formula is C8H10N2O2. The number of carbonyl (C=O) groups is 1. The fourth-order valence-corrected chi connectivity index (χ4v) is 1.77. The summed E-state index contributed by atoms with van der Waals surface area (Å²) in [6, 6.07) is 0. The second-order valence-corrected chi connectivity index (χ2v) is 3.26. The second-order valence-electron chi connectivity index (χ2n) is 3.26. The van der Waals surface area contributed by atoms with Crippen molar-refractivity contribution in [3.05, 3.63) is 18.2 Å². The van der Waals surface area contributed by atoms with Crippen molar-refractivity contribution >= 4 is 5.97 Å². The van der Waals surface area contributed by atoms with E-state index in [1.54, 1.807) is 12.5 Å². The maximum Gasteiger partial charge on any atom is 0.307 e. The highest BCUT2D eigenvalue weighted by Gasteiger charge is 2.53. The number of aromatic amines is 1. The van der Waals surface area contributed by atoms with E-state index in [1.165, 1.54) is 0 Å². The summed E-state index contributed by atoms with van der Waals surface area (Å²) < 4.78 is 0. The summed E-state index contributed by atoms with van der Waals surface area (Å²) in [6.07, 6.45) is 3.28. The lowest BCUT2D eigenvalue weighted by molar-refractivity contribution is -0.138. The Morgan fingerprint density at radius 1 is 1.75 bits per heavy atom. The van der Waals surface area contributed by atoms with E-state index in [1.807, 2.05) is 6.92 Å². The van der Waals surface area contributed by atoms with Crippen LogP contribution in [-0.2, 0) is 4.79 Å². The summed E-state index contributed by atoms with van der Waals surface area (Å²) in [5.41, 5.74) is 0.940. The maximum atomic E-state index is 10.6. The Morgan fingerprint density at radius 3 is 2.92 bits per heavy atom. The van der Waals surface area contributed by atoms with Crippen molar-refractivity contribution < 1.29 is 9.90 Å². The molecule has 1 saturated carbocycles. The summed E-state index contributed by atoms with van der Waals surface area (Å²) in [4.78, 5) is 17.4. The Balaban J connectivity index is 2.15. The monoisotopic (exact) mass is 166 g/mol. The first-order valence-electron chi connectivity index (χ1n) is 3.93. The lowest BCUT2D eigenvalue weighted by Crippen LogP contribution is -1.99. The van der Waals surface area contributed by atoms with Crippen molar-refractivity contribution in [3.63, 3.8) is 0 Å². The molecule has 1 aliphatic carbocycles. The van der Waals surface area contributed by atoms with Gasteiger partial charge >= 0.3 is 5.97 Å². The quantitative estimate of drug-likeness (QED) is 0.684. The summed E-state index contributed by atoms with van der Waals surface area (Å²) in [7, 11) is 0. The number of nitrogens with zero attached hydrogens (tertiary/aromatic N) is 1. The van der Waals surface area contributed by atoms with E-state index >= 15 is 0 Å². The van der Waals surface area contributed by atoms with Crippen molar-refractivity contribution in [2.45, 2.75) is 12.8 Å². The zero-order valence-corrected chi connectivity index (χ0v) is 6.69. The van der Waals surface area contributed by atoms with Gasteiger partial charge in [0.05, 0.1) is 12.2 Å². The Bertz CT molecular complexity index is 294. The van der Waals surface area contributed by atoms with Gasteiger partial charge in [-0.3, -0.25) is 4.79 Å². The molecule has 4 heteroatoms. The molecular weight excluding hydrogens is 156 g/mol. The summed E-state index contributed by atoms with van der Waals surface area (Å²) in [5.74, 6) is -0.541. The van der Waals surface area contributed by atoms with Gasteiger partial charge in [0.2, 0.25) is 0 Å². The van der Waals surface area contributed by atoms with Crippen LogP contribution in [0.4, 0.5) is 0 Å². The number of H-pyrrole nitrogens is 1. The van der Waals surface area contributed by atoms with E-state index in [4.69, 9.17) is 5.11 Å².